The number of ether oxygens (including phenoxy) is 2. The fourth-order valence-corrected chi connectivity index (χ4v) is 3.96. The van der Waals surface area contributed by atoms with Gasteiger partial charge in [-0.1, -0.05) is 38.0 Å². The van der Waals surface area contributed by atoms with Crippen LogP contribution in [-0.4, -0.2) is 31.1 Å². The number of fused-ring (bicyclic) bond motifs is 2. The van der Waals surface area contributed by atoms with E-state index in [0.29, 0.717) is 25.2 Å². The molecule has 1 heterocycles. The van der Waals surface area contributed by atoms with Crippen LogP contribution in [0.4, 0.5) is 0 Å². The zero-order valence-corrected chi connectivity index (χ0v) is 19.9. The molecule has 3 rings (SSSR count). The second kappa shape index (κ2) is 13.8. The zero-order chi connectivity index (χ0) is 21.9. The molecule has 0 radical (unpaired) electrons. The van der Waals surface area contributed by atoms with Crippen LogP contribution in [0.1, 0.15) is 58.3 Å². The number of hydrogen-bond acceptors (Lipinski definition) is 4. The Kier molecular flexibility index (Phi) is 11.1. The van der Waals surface area contributed by atoms with Crippen LogP contribution in [0.2, 0.25) is 0 Å². The second-order valence-corrected chi connectivity index (χ2v) is 8.00. The smallest absolute Gasteiger partial charge is 0.235 e. The van der Waals surface area contributed by atoms with E-state index in [1.165, 1.54) is 0 Å². The molecule has 174 valence electrons. The van der Waals surface area contributed by atoms with Gasteiger partial charge in [0.15, 0.2) is 11.3 Å². The molecule has 2 aromatic carbocycles. The zero-order valence-electron chi connectivity index (χ0n) is 19.9. The molecule has 0 saturated carbocycles. The number of carbonyl (C=O) groups excluding carboxylic acids is 1. The van der Waals surface area contributed by atoms with Crippen molar-refractivity contribution in [3.63, 3.8) is 0 Å². The van der Waals surface area contributed by atoms with Crippen molar-refractivity contribution in [2.45, 2.75) is 64.8 Å². The summed E-state index contributed by atoms with van der Waals surface area (Å²) in [4.78, 5) is 16.7. The van der Waals surface area contributed by atoms with Gasteiger partial charge in [-0.3, -0.25) is 4.79 Å². The number of aromatic nitrogens is 2. The van der Waals surface area contributed by atoms with Crippen molar-refractivity contribution in [1.82, 2.24) is 4.98 Å². The molecular formula is C27H38N2O3. The predicted molar refractivity (Wildman–Crippen MR) is 131 cm³/mol. The molecule has 0 N–H and O–H groups in total. The summed E-state index contributed by atoms with van der Waals surface area (Å²) in [5.41, 5.74) is 4.15. The van der Waals surface area contributed by atoms with Crippen molar-refractivity contribution in [3.05, 3.63) is 49.9 Å². The predicted octanol–water partition coefficient (Wildman–Crippen LogP) is 5.86. The van der Waals surface area contributed by atoms with Gasteiger partial charge in [-0.2, -0.15) is 4.57 Å². The molecule has 0 unspecified atom stereocenters. The van der Waals surface area contributed by atoms with Crippen LogP contribution in [0.3, 0.4) is 0 Å². The van der Waals surface area contributed by atoms with Crippen LogP contribution in [0.5, 0.6) is 5.75 Å². The summed E-state index contributed by atoms with van der Waals surface area (Å²) in [7, 11) is 1.69. The maximum Gasteiger partial charge on any atom is 0.235 e. The highest BCUT2D eigenvalue weighted by Crippen LogP contribution is 2.23. The molecule has 3 aromatic rings. The van der Waals surface area contributed by atoms with Crippen LogP contribution in [0.15, 0.2) is 42.5 Å². The standard InChI is InChI=1S/C26H35N2O3.CH3/c1-3-19-31-20-17-21(29)12-7-5-4-6-10-18-28-23-14-9-8-13-22(23)27-26-24(28)15-11-16-25(26)30-2;/h8-9,11,13-16H,3-7,10,12,17-20H2,1-2H3;1H3/q+1;-1. The van der Waals surface area contributed by atoms with Crippen LogP contribution < -0.4 is 9.30 Å². The largest absolute Gasteiger partial charge is 0.494 e. The molecule has 0 aliphatic rings. The summed E-state index contributed by atoms with van der Waals surface area (Å²) in [5, 5.41) is 0. The third kappa shape index (κ3) is 6.99. The number of benzene rings is 2. The van der Waals surface area contributed by atoms with Gasteiger partial charge in [-0.15, -0.1) is 0 Å². The molecule has 1 aromatic heterocycles. The lowest BCUT2D eigenvalue weighted by Gasteiger charge is -2.08. The van der Waals surface area contributed by atoms with Crippen molar-refractivity contribution >= 4 is 27.9 Å². The van der Waals surface area contributed by atoms with Gasteiger partial charge in [0.25, 0.3) is 0 Å². The van der Waals surface area contributed by atoms with Gasteiger partial charge in [-0.05, 0) is 31.4 Å². The SMILES string of the molecule is CCCOCCC(=O)CCCCCCC[n+]1c2ccccc2nc2c(OC)cccc21.[CH3-]. The normalized spacial score (nSPS) is 10.9. The van der Waals surface area contributed by atoms with Crippen LogP contribution in [0, 0.1) is 7.43 Å². The average molecular weight is 439 g/mol. The Bertz CT molecular complexity index is 987. The van der Waals surface area contributed by atoms with E-state index in [1.54, 1.807) is 7.11 Å². The lowest BCUT2D eigenvalue weighted by molar-refractivity contribution is -0.646. The Morgan fingerprint density at radius 3 is 2.47 bits per heavy atom. The number of hydrogen-bond donors (Lipinski definition) is 0. The summed E-state index contributed by atoms with van der Waals surface area (Å²) in [5.74, 6) is 1.14. The average Bonchev–Trinajstić information content (AvgIpc) is 2.80. The van der Waals surface area contributed by atoms with Gasteiger partial charge >= 0.3 is 0 Å². The molecule has 0 spiro atoms. The molecule has 32 heavy (non-hydrogen) atoms. The first-order valence-corrected chi connectivity index (χ1v) is 11.6. The number of carbonyl (C=O) groups is 1. The van der Waals surface area contributed by atoms with E-state index in [2.05, 4.69) is 35.8 Å². The van der Waals surface area contributed by atoms with E-state index in [0.717, 1.165) is 79.5 Å². The van der Waals surface area contributed by atoms with Crippen molar-refractivity contribution in [3.8, 4) is 5.75 Å². The van der Waals surface area contributed by atoms with Gasteiger partial charge in [0.1, 0.15) is 17.8 Å². The molecule has 5 heteroatoms. The van der Waals surface area contributed by atoms with E-state index in [9.17, 15) is 4.79 Å². The van der Waals surface area contributed by atoms with Crippen LogP contribution in [-0.2, 0) is 16.1 Å². The number of aryl methyl sites for hydroxylation is 1. The topological polar surface area (TPSA) is 52.3 Å². The number of nitrogens with zero attached hydrogens (tertiary/aromatic N) is 2. The fraction of sp³-hybridized carbons (Fsp3) is 0.481. The third-order valence-corrected chi connectivity index (χ3v) is 5.60. The van der Waals surface area contributed by atoms with E-state index < -0.39 is 0 Å². The van der Waals surface area contributed by atoms with Crippen molar-refractivity contribution in [1.29, 1.82) is 0 Å². The number of unbranched alkanes of at least 4 members (excludes halogenated alkanes) is 4. The molecule has 0 saturated heterocycles. The Labute approximate surface area is 192 Å². The molecular weight excluding hydrogens is 400 g/mol. The maximum atomic E-state index is 11.9. The lowest BCUT2D eigenvalue weighted by Crippen LogP contribution is -2.36. The van der Waals surface area contributed by atoms with Crippen molar-refractivity contribution in [2.24, 2.45) is 0 Å². The van der Waals surface area contributed by atoms with Gasteiger partial charge in [-0.25, -0.2) is 4.98 Å². The highest BCUT2D eigenvalue weighted by molar-refractivity contribution is 5.85. The number of para-hydroxylation sites is 3. The Hall–Kier alpha value is -2.53. The quantitative estimate of drug-likeness (QED) is 0.137. The van der Waals surface area contributed by atoms with E-state index >= 15 is 0 Å². The molecule has 0 aliphatic carbocycles. The summed E-state index contributed by atoms with van der Waals surface area (Å²) >= 11 is 0. The van der Waals surface area contributed by atoms with Crippen LogP contribution >= 0.6 is 0 Å². The van der Waals surface area contributed by atoms with E-state index in [1.807, 2.05) is 18.2 Å². The molecule has 0 fully saturated rings. The highest BCUT2D eigenvalue weighted by atomic mass is 16.5. The number of Topliss-reactive ketones (excluding diaryl/α,β-unsaturated/α-hetero) is 1. The molecule has 5 nitrogen and oxygen atoms in total. The number of methoxy groups -OCH3 is 1. The molecule has 0 atom stereocenters. The van der Waals surface area contributed by atoms with Gasteiger partial charge in [0.05, 0.1) is 13.7 Å². The van der Waals surface area contributed by atoms with Gasteiger partial charge in [0, 0.05) is 38.0 Å². The number of rotatable bonds is 14. The first-order valence-electron chi connectivity index (χ1n) is 11.6. The summed E-state index contributed by atoms with van der Waals surface area (Å²) in [6, 6.07) is 14.4. The van der Waals surface area contributed by atoms with E-state index in [4.69, 9.17) is 14.5 Å². The van der Waals surface area contributed by atoms with Crippen LogP contribution in [0.25, 0.3) is 22.1 Å². The number of ketones is 1. The minimum atomic E-state index is 0. The lowest BCUT2D eigenvalue weighted by atomic mass is 10.1. The summed E-state index contributed by atoms with van der Waals surface area (Å²) in [6.07, 6.45) is 7.75. The van der Waals surface area contributed by atoms with E-state index in [-0.39, 0.29) is 7.43 Å². The van der Waals surface area contributed by atoms with Crippen molar-refractivity contribution in [2.75, 3.05) is 20.3 Å². The van der Waals surface area contributed by atoms with Gasteiger partial charge in [0.2, 0.25) is 11.0 Å². The highest BCUT2D eigenvalue weighted by Gasteiger charge is 2.18. The first-order chi connectivity index (χ1) is 15.2. The second-order valence-electron chi connectivity index (χ2n) is 8.00. The monoisotopic (exact) mass is 438 g/mol. The summed E-state index contributed by atoms with van der Waals surface area (Å²) < 4.78 is 13.3. The Balaban J connectivity index is 0.00000363. The van der Waals surface area contributed by atoms with Gasteiger partial charge < -0.3 is 16.9 Å². The Morgan fingerprint density at radius 2 is 1.66 bits per heavy atom. The first kappa shape index (κ1) is 25.7. The minimum absolute atomic E-state index is 0. The minimum Gasteiger partial charge on any atom is -0.494 e. The molecule has 0 bridgehead atoms. The molecule has 0 aliphatic heterocycles. The maximum absolute atomic E-state index is 11.9. The fourth-order valence-electron chi connectivity index (χ4n) is 3.96. The Morgan fingerprint density at radius 1 is 0.906 bits per heavy atom. The third-order valence-electron chi connectivity index (χ3n) is 5.60. The van der Waals surface area contributed by atoms with Crippen molar-refractivity contribution < 1.29 is 18.8 Å². The summed E-state index contributed by atoms with van der Waals surface area (Å²) in [6.45, 7) is 4.35. The molecule has 0 amide bonds.